The van der Waals surface area contributed by atoms with Crippen LogP contribution >= 0.6 is 15.9 Å². The third kappa shape index (κ3) is 4.15. The molecule has 1 aromatic carbocycles. The van der Waals surface area contributed by atoms with Gasteiger partial charge in [-0.3, -0.25) is 4.79 Å². The van der Waals surface area contributed by atoms with Gasteiger partial charge >= 0.3 is 0 Å². The van der Waals surface area contributed by atoms with Crippen LogP contribution in [0.15, 0.2) is 46.7 Å². The number of methoxy groups -OCH3 is 2. The summed E-state index contributed by atoms with van der Waals surface area (Å²) < 4.78 is 11.2. The molecule has 0 aliphatic heterocycles. The van der Waals surface area contributed by atoms with Crippen LogP contribution in [0.1, 0.15) is 11.1 Å². The minimum Gasteiger partial charge on any atom is -0.493 e. The standard InChI is InChI=1S/C20H17BrN4O3/c1-27-16-5-3-12(7-17(16)28-2)10-24-20(26)13(9-22)8-14-11-23-19-15(14)4-6-18(21)25-19/h3-8,11H,10H2,1-2H3,(H,23,25)(H,24,26)/b13-8+. The largest absolute Gasteiger partial charge is 0.493 e. The minimum absolute atomic E-state index is 0.00398. The number of aromatic amines is 1. The van der Waals surface area contributed by atoms with Crippen LogP contribution in [0.2, 0.25) is 0 Å². The number of amides is 1. The predicted octanol–water partition coefficient (Wildman–Crippen LogP) is 3.57. The lowest BCUT2D eigenvalue weighted by atomic mass is 10.1. The number of rotatable bonds is 6. The molecular weight excluding hydrogens is 424 g/mol. The van der Waals surface area contributed by atoms with E-state index in [9.17, 15) is 10.1 Å². The van der Waals surface area contributed by atoms with Crippen LogP contribution < -0.4 is 14.8 Å². The molecule has 1 amide bonds. The molecule has 2 heterocycles. The molecule has 2 N–H and O–H groups in total. The molecule has 3 aromatic rings. The molecule has 0 aliphatic rings. The van der Waals surface area contributed by atoms with Crippen molar-refractivity contribution in [3.05, 3.63) is 57.8 Å². The molecule has 0 fully saturated rings. The third-order valence-electron chi connectivity index (χ3n) is 4.10. The number of nitrogens with one attached hydrogen (secondary N) is 2. The Morgan fingerprint density at radius 2 is 2.07 bits per heavy atom. The highest BCUT2D eigenvalue weighted by atomic mass is 79.9. The number of hydrogen-bond acceptors (Lipinski definition) is 5. The van der Waals surface area contributed by atoms with Gasteiger partial charge in [0.15, 0.2) is 11.5 Å². The first-order chi connectivity index (χ1) is 13.5. The summed E-state index contributed by atoms with van der Waals surface area (Å²) in [6.07, 6.45) is 3.25. The minimum atomic E-state index is -0.461. The Kier molecular flexibility index (Phi) is 5.96. The smallest absolute Gasteiger partial charge is 0.262 e. The van der Waals surface area contributed by atoms with E-state index in [1.165, 1.54) is 0 Å². The number of aromatic nitrogens is 2. The van der Waals surface area contributed by atoms with Crippen LogP contribution in [0.5, 0.6) is 11.5 Å². The number of nitriles is 1. The van der Waals surface area contributed by atoms with E-state index in [-0.39, 0.29) is 12.1 Å². The molecule has 3 rings (SSSR count). The summed E-state index contributed by atoms with van der Waals surface area (Å²) in [6, 6.07) is 11.0. The first kappa shape index (κ1) is 19.5. The predicted molar refractivity (Wildman–Crippen MR) is 109 cm³/mol. The van der Waals surface area contributed by atoms with Gasteiger partial charge in [-0.25, -0.2) is 4.98 Å². The molecule has 7 nitrogen and oxygen atoms in total. The molecule has 0 radical (unpaired) electrons. The fraction of sp³-hybridized carbons (Fsp3) is 0.150. The summed E-state index contributed by atoms with van der Waals surface area (Å²) in [6.45, 7) is 0.251. The summed E-state index contributed by atoms with van der Waals surface area (Å²) >= 11 is 3.31. The van der Waals surface area contributed by atoms with E-state index < -0.39 is 5.91 Å². The van der Waals surface area contributed by atoms with E-state index in [0.29, 0.717) is 27.3 Å². The van der Waals surface area contributed by atoms with Crippen LogP contribution in [0.25, 0.3) is 17.1 Å². The Morgan fingerprint density at radius 3 is 2.79 bits per heavy atom. The molecule has 28 heavy (non-hydrogen) atoms. The Labute approximate surface area is 170 Å². The fourth-order valence-electron chi connectivity index (χ4n) is 2.69. The first-order valence-corrected chi connectivity index (χ1v) is 9.09. The van der Waals surface area contributed by atoms with Gasteiger partial charge < -0.3 is 19.8 Å². The molecule has 142 valence electrons. The number of hydrogen-bond donors (Lipinski definition) is 2. The summed E-state index contributed by atoms with van der Waals surface area (Å²) in [5.41, 5.74) is 2.21. The maximum absolute atomic E-state index is 12.5. The molecular formula is C20H17BrN4O3. The molecule has 0 bridgehead atoms. The average molecular weight is 441 g/mol. The van der Waals surface area contributed by atoms with E-state index >= 15 is 0 Å². The van der Waals surface area contributed by atoms with Gasteiger partial charge in [0.2, 0.25) is 0 Å². The van der Waals surface area contributed by atoms with Crippen LogP contribution in [-0.4, -0.2) is 30.1 Å². The zero-order chi connectivity index (χ0) is 20.1. The van der Waals surface area contributed by atoms with Crippen molar-refractivity contribution >= 4 is 38.9 Å². The lowest BCUT2D eigenvalue weighted by Gasteiger charge is -2.10. The number of pyridine rings is 1. The second-order valence-corrected chi connectivity index (χ2v) is 6.63. The Hall–Kier alpha value is -3.31. The molecule has 0 saturated carbocycles. The van der Waals surface area contributed by atoms with Crippen molar-refractivity contribution in [2.45, 2.75) is 6.54 Å². The second-order valence-electron chi connectivity index (χ2n) is 5.82. The lowest BCUT2D eigenvalue weighted by Crippen LogP contribution is -2.24. The number of ether oxygens (including phenoxy) is 2. The topological polar surface area (TPSA) is 100 Å². The highest BCUT2D eigenvalue weighted by molar-refractivity contribution is 9.10. The van der Waals surface area contributed by atoms with Crippen LogP contribution in [0.3, 0.4) is 0 Å². The van der Waals surface area contributed by atoms with Crippen molar-refractivity contribution in [1.29, 1.82) is 5.26 Å². The monoisotopic (exact) mass is 440 g/mol. The highest BCUT2D eigenvalue weighted by Crippen LogP contribution is 2.27. The number of halogens is 1. The summed E-state index contributed by atoms with van der Waals surface area (Å²) in [5.74, 6) is 0.717. The molecule has 0 saturated heterocycles. The summed E-state index contributed by atoms with van der Waals surface area (Å²) in [7, 11) is 3.10. The van der Waals surface area contributed by atoms with Gasteiger partial charge in [-0.05, 0) is 51.8 Å². The normalized spacial score (nSPS) is 11.1. The van der Waals surface area contributed by atoms with Gasteiger partial charge in [0.25, 0.3) is 5.91 Å². The van der Waals surface area contributed by atoms with Gasteiger partial charge in [0.1, 0.15) is 21.9 Å². The van der Waals surface area contributed by atoms with Crippen molar-refractivity contribution in [2.75, 3.05) is 14.2 Å². The summed E-state index contributed by atoms with van der Waals surface area (Å²) in [5, 5.41) is 13.0. The van der Waals surface area contributed by atoms with Gasteiger partial charge in [-0.2, -0.15) is 5.26 Å². The van der Waals surface area contributed by atoms with Crippen molar-refractivity contribution in [3.63, 3.8) is 0 Å². The van der Waals surface area contributed by atoms with Gasteiger partial charge in [-0.1, -0.05) is 6.07 Å². The SMILES string of the molecule is COc1ccc(CNC(=O)/C(C#N)=C/c2c[nH]c3nc(Br)ccc23)cc1OC. The maximum atomic E-state index is 12.5. The van der Waals surface area contributed by atoms with Gasteiger partial charge in [0.05, 0.1) is 14.2 Å². The van der Waals surface area contributed by atoms with Crippen molar-refractivity contribution in [1.82, 2.24) is 15.3 Å². The van der Waals surface area contributed by atoms with Crippen LogP contribution in [0, 0.1) is 11.3 Å². The molecule has 0 unspecified atom stereocenters. The fourth-order valence-corrected chi connectivity index (χ4v) is 3.00. The zero-order valence-corrected chi connectivity index (χ0v) is 16.8. The maximum Gasteiger partial charge on any atom is 0.262 e. The van der Waals surface area contributed by atoms with Crippen LogP contribution in [0.4, 0.5) is 0 Å². The van der Waals surface area contributed by atoms with Crippen LogP contribution in [-0.2, 0) is 11.3 Å². The lowest BCUT2D eigenvalue weighted by molar-refractivity contribution is -0.117. The zero-order valence-electron chi connectivity index (χ0n) is 15.2. The molecule has 0 atom stereocenters. The van der Waals surface area contributed by atoms with Crippen molar-refractivity contribution in [3.8, 4) is 17.6 Å². The number of H-pyrrole nitrogens is 1. The molecule has 2 aromatic heterocycles. The van der Waals surface area contributed by atoms with Gasteiger partial charge in [0, 0.05) is 23.7 Å². The number of nitrogens with zero attached hydrogens (tertiary/aromatic N) is 2. The molecule has 8 heteroatoms. The Bertz CT molecular complexity index is 1100. The van der Waals surface area contributed by atoms with Gasteiger partial charge in [-0.15, -0.1) is 0 Å². The second kappa shape index (κ2) is 8.59. The van der Waals surface area contributed by atoms with E-state index in [1.54, 1.807) is 44.7 Å². The quantitative estimate of drug-likeness (QED) is 0.346. The number of benzene rings is 1. The third-order valence-corrected chi connectivity index (χ3v) is 4.54. The number of fused-ring (bicyclic) bond motifs is 1. The summed E-state index contributed by atoms with van der Waals surface area (Å²) in [4.78, 5) is 19.8. The number of carbonyl (C=O) groups excluding carboxylic acids is 1. The molecule has 0 spiro atoms. The highest BCUT2D eigenvalue weighted by Gasteiger charge is 2.12. The Morgan fingerprint density at radius 1 is 1.29 bits per heavy atom. The van der Waals surface area contributed by atoms with E-state index in [4.69, 9.17) is 9.47 Å². The van der Waals surface area contributed by atoms with Crippen molar-refractivity contribution < 1.29 is 14.3 Å². The Balaban J connectivity index is 1.76. The molecule has 0 aliphatic carbocycles. The first-order valence-electron chi connectivity index (χ1n) is 8.30. The van der Waals surface area contributed by atoms with E-state index in [0.717, 1.165) is 10.9 Å². The van der Waals surface area contributed by atoms with E-state index in [1.807, 2.05) is 18.2 Å². The van der Waals surface area contributed by atoms with Crippen molar-refractivity contribution in [2.24, 2.45) is 0 Å². The number of carbonyl (C=O) groups is 1. The van der Waals surface area contributed by atoms with E-state index in [2.05, 4.69) is 31.2 Å². The average Bonchev–Trinajstić information content (AvgIpc) is 3.11.